The largest absolute Gasteiger partial charge is 0.481 e. The number of carbonyl (C=O) groups is 2. The molecule has 0 saturated heterocycles. The highest BCUT2D eigenvalue weighted by molar-refractivity contribution is 6.33. The molecular weight excluding hydrogens is 273 g/mol. The summed E-state index contributed by atoms with van der Waals surface area (Å²) in [5.41, 5.74) is -0.717. The highest BCUT2D eigenvalue weighted by Gasteiger charge is 2.44. The number of nitrogens with one attached hydrogen (secondary N) is 1. The van der Waals surface area contributed by atoms with Gasteiger partial charge in [0.15, 0.2) is 0 Å². The van der Waals surface area contributed by atoms with Crippen molar-refractivity contribution in [3.8, 4) is 0 Å². The molecule has 2 rings (SSSR count). The van der Waals surface area contributed by atoms with E-state index in [9.17, 15) is 14.0 Å². The molecule has 0 atom stereocenters. The molecule has 0 aromatic heterocycles. The molecular formula is C13H13ClFNO3. The van der Waals surface area contributed by atoms with E-state index in [1.54, 1.807) is 0 Å². The first-order chi connectivity index (χ1) is 8.94. The highest BCUT2D eigenvalue weighted by atomic mass is 35.5. The minimum atomic E-state index is -0.899. The smallest absolute Gasteiger partial charge is 0.311 e. The Labute approximate surface area is 114 Å². The molecule has 1 aromatic rings. The summed E-state index contributed by atoms with van der Waals surface area (Å²) < 4.78 is 12.9. The third-order valence-electron chi connectivity index (χ3n) is 3.53. The van der Waals surface area contributed by atoms with Crippen LogP contribution in [-0.2, 0) is 4.79 Å². The van der Waals surface area contributed by atoms with Gasteiger partial charge in [0, 0.05) is 6.54 Å². The van der Waals surface area contributed by atoms with E-state index in [2.05, 4.69) is 5.32 Å². The van der Waals surface area contributed by atoms with Crippen LogP contribution in [0.3, 0.4) is 0 Å². The Bertz CT molecular complexity index is 529. The van der Waals surface area contributed by atoms with Crippen molar-refractivity contribution in [3.63, 3.8) is 0 Å². The Kier molecular flexibility index (Phi) is 3.75. The van der Waals surface area contributed by atoms with Crippen LogP contribution >= 0.6 is 11.6 Å². The lowest BCUT2D eigenvalue weighted by Gasteiger charge is -2.37. The number of carboxylic acid groups (broad SMARTS) is 1. The van der Waals surface area contributed by atoms with Gasteiger partial charge < -0.3 is 10.4 Å². The highest BCUT2D eigenvalue weighted by Crippen LogP contribution is 2.40. The van der Waals surface area contributed by atoms with E-state index in [1.165, 1.54) is 6.07 Å². The van der Waals surface area contributed by atoms with Gasteiger partial charge in [0.1, 0.15) is 5.82 Å². The van der Waals surface area contributed by atoms with Gasteiger partial charge in [-0.1, -0.05) is 18.0 Å². The Morgan fingerprint density at radius 3 is 2.58 bits per heavy atom. The van der Waals surface area contributed by atoms with Crippen molar-refractivity contribution in [2.45, 2.75) is 19.3 Å². The molecule has 19 heavy (non-hydrogen) atoms. The standard InChI is InChI=1S/C13H13ClFNO3/c14-10-6-8(15)2-3-9(10)11(17)16-7-13(12(18)19)4-1-5-13/h2-3,6H,1,4-5,7H2,(H,16,17)(H,18,19). The third-order valence-corrected chi connectivity index (χ3v) is 3.84. The van der Waals surface area contributed by atoms with Crippen molar-refractivity contribution in [2.24, 2.45) is 5.41 Å². The molecule has 0 unspecified atom stereocenters. The molecule has 102 valence electrons. The van der Waals surface area contributed by atoms with E-state index in [-0.39, 0.29) is 17.1 Å². The number of benzene rings is 1. The van der Waals surface area contributed by atoms with Crippen LogP contribution in [0.4, 0.5) is 4.39 Å². The molecule has 0 radical (unpaired) electrons. The molecule has 6 heteroatoms. The van der Waals surface area contributed by atoms with Crippen molar-refractivity contribution >= 4 is 23.5 Å². The van der Waals surface area contributed by atoms with Crippen molar-refractivity contribution in [1.29, 1.82) is 0 Å². The van der Waals surface area contributed by atoms with Gasteiger partial charge in [-0.25, -0.2) is 4.39 Å². The van der Waals surface area contributed by atoms with Gasteiger partial charge in [0.05, 0.1) is 16.0 Å². The van der Waals surface area contributed by atoms with Gasteiger partial charge in [0.25, 0.3) is 5.91 Å². The predicted octanol–water partition coefficient (Wildman–Crippen LogP) is 2.46. The van der Waals surface area contributed by atoms with Crippen LogP contribution in [0.25, 0.3) is 0 Å². The molecule has 1 aliphatic rings. The number of hydrogen-bond acceptors (Lipinski definition) is 2. The molecule has 0 spiro atoms. The van der Waals surface area contributed by atoms with E-state index in [4.69, 9.17) is 16.7 Å². The van der Waals surface area contributed by atoms with Crippen LogP contribution in [0.5, 0.6) is 0 Å². The van der Waals surface area contributed by atoms with Gasteiger partial charge in [0.2, 0.25) is 0 Å². The lowest BCUT2D eigenvalue weighted by molar-refractivity contribution is -0.153. The summed E-state index contributed by atoms with van der Waals surface area (Å²) in [6.07, 6.45) is 1.96. The van der Waals surface area contributed by atoms with Gasteiger partial charge in [-0.3, -0.25) is 9.59 Å². The molecule has 4 nitrogen and oxygen atoms in total. The van der Waals surface area contributed by atoms with Crippen LogP contribution in [0.1, 0.15) is 29.6 Å². The lowest BCUT2D eigenvalue weighted by atomic mass is 9.69. The first kappa shape index (κ1) is 13.8. The quantitative estimate of drug-likeness (QED) is 0.893. The molecule has 1 saturated carbocycles. The van der Waals surface area contributed by atoms with Crippen LogP contribution < -0.4 is 5.32 Å². The molecule has 1 amide bonds. The third kappa shape index (κ3) is 2.71. The maximum atomic E-state index is 12.9. The minimum absolute atomic E-state index is 0.00971. The van der Waals surface area contributed by atoms with Gasteiger partial charge in [-0.15, -0.1) is 0 Å². The molecule has 0 bridgehead atoms. The van der Waals surface area contributed by atoms with Crippen LogP contribution in [0, 0.1) is 11.2 Å². The number of carbonyl (C=O) groups excluding carboxylic acids is 1. The molecule has 2 N–H and O–H groups in total. The Balaban J connectivity index is 2.03. The topological polar surface area (TPSA) is 66.4 Å². The number of aliphatic carboxylic acids is 1. The molecule has 1 aromatic carbocycles. The van der Waals surface area contributed by atoms with Crippen molar-refractivity contribution in [1.82, 2.24) is 5.32 Å². The number of amides is 1. The van der Waals surface area contributed by atoms with Crippen LogP contribution in [0.2, 0.25) is 5.02 Å². The van der Waals surface area contributed by atoms with Gasteiger partial charge >= 0.3 is 5.97 Å². The fraction of sp³-hybridized carbons (Fsp3) is 0.385. The first-order valence-corrected chi connectivity index (χ1v) is 6.29. The minimum Gasteiger partial charge on any atom is -0.481 e. The van der Waals surface area contributed by atoms with E-state index < -0.39 is 23.1 Å². The van der Waals surface area contributed by atoms with Crippen molar-refractivity contribution < 1.29 is 19.1 Å². The summed E-state index contributed by atoms with van der Waals surface area (Å²) in [6, 6.07) is 3.46. The zero-order valence-corrected chi connectivity index (χ0v) is 10.8. The lowest BCUT2D eigenvalue weighted by Crippen LogP contribution is -2.47. The van der Waals surface area contributed by atoms with E-state index in [0.29, 0.717) is 12.8 Å². The Morgan fingerprint density at radius 1 is 1.42 bits per heavy atom. The Hall–Kier alpha value is -1.62. The van der Waals surface area contributed by atoms with Gasteiger partial charge in [-0.2, -0.15) is 0 Å². The van der Waals surface area contributed by atoms with Crippen LogP contribution in [-0.4, -0.2) is 23.5 Å². The summed E-state index contributed by atoms with van der Waals surface area (Å²) >= 11 is 5.77. The summed E-state index contributed by atoms with van der Waals surface area (Å²) in [7, 11) is 0. The predicted molar refractivity (Wildman–Crippen MR) is 67.7 cm³/mol. The second-order valence-corrected chi connectivity index (χ2v) is 5.15. The average molecular weight is 286 g/mol. The van der Waals surface area contributed by atoms with Crippen molar-refractivity contribution in [2.75, 3.05) is 6.54 Å². The maximum absolute atomic E-state index is 12.9. The zero-order valence-electron chi connectivity index (χ0n) is 10.1. The van der Waals surface area contributed by atoms with E-state index >= 15 is 0 Å². The van der Waals surface area contributed by atoms with Crippen molar-refractivity contribution in [3.05, 3.63) is 34.6 Å². The van der Waals surface area contributed by atoms with E-state index in [0.717, 1.165) is 18.6 Å². The zero-order chi connectivity index (χ0) is 14.0. The number of carboxylic acids is 1. The second-order valence-electron chi connectivity index (χ2n) is 4.75. The monoisotopic (exact) mass is 285 g/mol. The van der Waals surface area contributed by atoms with E-state index in [1.807, 2.05) is 0 Å². The SMILES string of the molecule is O=C(NCC1(C(=O)O)CCC1)c1ccc(F)cc1Cl. The molecule has 0 aliphatic heterocycles. The maximum Gasteiger partial charge on any atom is 0.311 e. The Morgan fingerprint density at radius 2 is 2.11 bits per heavy atom. The molecule has 1 fully saturated rings. The van der Waals surface area contributed by atoms with Crippen LogP contribution in [0.15, 0.2) is 18.2 Å². The summed E-state index contributed by atoms with van der Waals surface area (Å²) in [5.74, 6) is -1.91. The molecule has 1 aliphatic carbocycles. The van der Waals surface area contributed by atoms with Gasteiger partial charge in [-0.05, 0) is 31.0 Å². The fourth-order valence-electron chi connectivity index (χ4n) is 2.09. The molecule has 0 heterocycles. The summed E-state index contributed by atoms with van der Waals surface area (Å²) in [5, 5.41) is 11.7. The normalized spacial score (nSPS) is 16.5. The number of rotatable bonds is 4. The average Bonchev–Trinajstić information content (AvgIpc) is 2.26. The second kappa shape index (κ2) is 5.17. The first-order valence-electron chi connectivity index (χ1n) is 5.91. The summed E-state index contributed by atoms with van der Waals surface area (Å²) in [6.45, 7) is 0.0644. The summed E-state index contributed by atoms with van der Waals surface area (Å²) in [4.78, 5) is 23.0. The number of hydrogen-bond donors (Lipinski definition) is 2. The fourth-order valence-corrected chi connectivity index (χ4v) is 2.34. The number of halogens is 2.